The first-order chi connectivity index (χ1) is 9.06. The number of hydrogen-bond acceptors (Lipinski definition) is 5. The van der Waals surface area contributed by atoms with Crippen LogP contribution in [0.25, 0.3) is 0 Å². The first-order valence-electron chi connectivity index (χ1n) is 5.21. The summed E-state index contributed by atoms with van der Waals surface area (Å²) in [6, 6.07) is 4.16. The van der Waals surface area contributed by atoms with Crippen molar-refractivity contribution in [2.75, 3.05) is 0 Å². The van der Waals surface area contributed by atoms with Crippen molar-refractivity contribution in [2.24, 2.45) is 0 Å². The number of hydrogen-bond donors (Lipinski definition) is 3. The average molecular weight is 279 g/mol. The van der Waals surface area contributed by atoms with E-state index in [1.54, 1.807) is 5.38 Å². The standard InChI is InChI=1S/C11H9N3O4S/c15-9(12-4-6-5-19-11(18)13-6)7-2-1-3-8(14-7)10(16)17/h1-3,5H,4H2,(H,12,15)(H,13,18)(H,16,17). The summed E-state index contributed by atoms with van der Waals surface area (Å²) >= 11 is 1.00. The smallest absolute Gasteiger partial charge is 0.354 e. The molecule has 0 spiro atoms. The second kappa shape index (κ2) is 5.44. The van der Waals surface area contributed by atoms with Crippen LogP contribution in [0.2, 0.25) is 0 Å². The summed E-state index contributed by atoms with van der Waals surface area (Å²) in [5, 5.41) is 12.9. The molecule has 0 aromatic carbocycles. The van der Waals surface area contributed by atoms with Crippen LogP contribution in [-0.2, 0) is 6.54 Å². The quantitative estimate of drug-likeness (QED) is 0.752. The van der Waals surface area contributed by atoms with E-state index in [0.29, 0.717) is 5.69 Å². The molecule has 8 heteroatoms. The summed E-state index contributed by atoms with van der Waals surface area (Å²) in [5.41, 5.74) is 0.395. The Hall–Kier alpha value is -2.48. The van der Waals surface area contributed by atoms with Crippen molar-refractivity contribution in [3.05, 3.63) is 50.3 Å². The van der Waals surface area contributed by atoms with E-state index in [0.717, 1.165) is 11.3 Å². The Labute approximate surface area is 110 Å². The topological polar surface area (TPSA) is 112 Å². The SMILES string of the molecule is O=C(O)c1cccc(C(=O)NCc2csc(=O)[nH]2)n1. The number of aromatic carboxylic acids is 1. The predicted molar refractivity (Wildman–Crippen MR) is 67.3 cm³/mol. The maximum Gasteiger partial charge on any atom is 0.354 e. The van der Waals surface area contributed by atoms with Gasteiger partial charge in [0.05, 0.1) is 6.54 Å². The lowest BCUT2D eigenvalue weighted by atomic mass is 10.3. The Morgan fingerprint density at radius 1 is 1.37 bits per heavy atom. The van der Waals surface area contributed by atoms with Crippen LogP contribution in [0.5, 0.6) is 0 Å². The lowest BCUT2D eigenvalue weighted by Crippen LogP contribution is -2.24. The zero-order valence-electron chi connectivity index (χ0n) is 9.54. The number of nitrogens with zero attached hydrogens (tertiary/aromatic N) is 1. The van der Waals surface area contributed by atoms with Gasteiger partial charge < -0.3 is 15.4 Å². The Kier molecular flexibility index (Phi) is 3.71. The molecule has 98 valence electrons. The predicted octanol–water partition coefficient (Wildman–Crippen LogP) is 0.460. The number of pyridine rings is 1. The molecule has 1 amide bonds. The molecule has 7 nitrogen and oxygen atoms in total. The van der Waals surface area contributed by atoms with Gasteiger partial charge in [0.25, 0.3) is 5.91 Å². The van der Waals surface area contributed by atoms with E-state index in [4.69, 9.17) is 5.11 Å². The molecule has 2 heterocycles. The zero-order chi connectivity index (χ0) is 13.8. The first-order valence-corrected chi connectivity index (χ1v) is 6.09. The van der Waals surface area contributed by atoms with E-state index in [9.17, 15) is 14.4 Å². The van der Waals surface area contributed by atoms with Gasteiger partial charge in [-0.25, -0.2) is 9.78 Å². The fraction of sp³-hybridized carbons (Fsp3) is 0.0909. The van der Waals surface area contributed by atoms with Crippen LogP contribution in [0.15, 0.2) is 28.4 Å². The van der Waals surface area contributed by atoms with E-state index in [-0.39, 0.29) is 22.8 Å². The molecule has 0 aliphatic heterocycles. The van der Waals surface area contributed by atoms with Gasteiger partial charge in [-0.2, -0.15) is 0 Å². The van der Waals surface area contributed by atoms with Gasteiger partial charge in [-0.05, 0) is 12.1 Å². The van der Waals surface area contributed by atoms with E-state index in [1.165, 1.54) is 18.2 Å². The molecule has 19 heavy (non-hydrogen) atoms. The summed E-state index contributed by atoms with van der Waals surface area (Å²) < 4.78 is 0. The van der Waals surface area contributed by atoms with Crippen molar-refractivity contribution in [2.45, 2.75) is 6.54 Å². The van der Waals surface area contributed by atoms with Gasteiger partial charge in [0.1, 0.15) is 11.4 Å². The van der Waals surface area contributed by atoms with E-state index in [1.807, 2.05) is 0 Å². The van der Waals surface area contributed by atoms with Crippen molar-refractivity contribution < 1.29 is 14.7 Å². The Bertz CT molecular complexity index is 676. The van der Waals surface area contributed by atoms with Gasteiger partial charge in [0, 0.05) is 11.1 Å². The molecule has 2 rings (SSSR count). The van der Waals surface area contributed by atoms with Gasteiger partial charge in [-0.3, -0.25) is 9.59 Å². The number of nitrogens with one attached hydrogen (secondary N) is 2. The van der Waals surface area contributed by atoms with Crippen LogP contribution in [0.4, 0.5) is 0 Å². The minimum atomic E-state index is -1.20. The molecule has 3 N–H and O–H groups in total. The highest BCUT2D eigenvalue weighted by Gasteiger charge is 2.11. The molecule has 0 unspecified atom stereocenters. The van der Waals surface area contributed by atoms with Gasteiger partial charge in [-0.15, -0.1) is 0 Å². The molecule has 2 aromatic rings. The van der Waals surface area contributed by atoms with Crippen molar-refractivity contribution >= 4 is 23.2 Å². The number of aromatic nitrogens is 2. The lowest BCUT2D eigenvalue weighted by molar-refractivity contribution is 0.0690. The summed E-state index contributed by atoms with van der Waals surface area (Å²) in [6.07, 6.45) is 0. The number of amides is 1. The molecule has 0 aliphatic rings. The van der Waals surface area contributed by atoms with Crippen molar-refractivity contribution in [3.63, 3.8) is 0 Å². The molecule has 0 aliphatic carbocycles. The third-order valence-electron chi connectivity index (χ3n) is 2.21. The molecule has 0 saturated carbocycles. The highest BCUT2D eigenvalue weighted by atomic mass is 32.1. The fourth-order valence-electron chi connectivity index (χ4n) is 1.35. The maximum absolute atomic E-state index is 11.7. The summed E-state index contributed by atoms with van der Waals surface area (Å²) in [5.74, 6) is -1.70. The van der Waals surface area contributed by atoms with Crippen LogP contribution in [0.1, 0.15) is 26.7 Å². The van der Waals surface area contributed by atoms with Crippen LogP contribution in [-0.4, -0.2) is 27.0 Å². The van der Waals surface area contributed by atoms with Crippen LogP contribution in [0.3, 0.4) is 0 Å². The second-order valence-corrected chi connectivity index (χ2v) is 4.41. The first kappa shape index (κ1) is 13.0. The highest BCUT2D eigenvalue weighted by molar-refractivity contribution is 7.07. The summed E-state index contributed by atoms with van der Waals surface area (Å²) in [4.78, 5) is 39.4. The number of carbonyl (C=O) groups is 2. The fourth-order valence-corrected chi connectivity index (χ4v) is 1.93. The Morgan fingerprint density at radius 3 is 2.74 bits per heavy atom. The van der Waals surface area contributed by atoms with Gasteiger partial charge >= 0.3 is 10.8 Å². The minimum Gasteiger partial charge on any atom is -0.477 e. The third kappa shape index (κ3) is 3.26. The van der Waals surface area contributed by atoms with Crippen LogP contribution in [0, 0.1) is 0 Å². The molecule has 0 bridgehead atoms. The molecular weight excluding hydrogens is 270 g/mol. The minimum absolute atomic E-state index is 0.0116. The van der Waals surface area contributed by atoms with Crippen LogP contribution >= 0.6 is 11.3 Å². The maximum atomic E-state index is 11.7. The van der Waals surface area contributed by atoms with E-state index >= 15 is 0 Å². The van der Waals surface area contributed by atoms with Gasteiger partial charge in [0.2, 0.25) is 0 Å². The number of thiazole rings is 1. The molecule has 0 radical (unpaired) electrons. The summed E-state index contributed by atoms with van der Waals surface area (Å²) in [6.45, 7) is 0.149. The Morgan fingerprint density at radius 2 is 2.11 bits per heavy atom. The number of aromatic amines is 1. The van der Waals surface area contributed by atoms with Crippen LogP contribution < -0.4 is 10.2 Å². The number of carbonyl (C=O) groups excluding carboxylic acids is 1. The average Bonchev–Trinajstić information content (AvgIpc) is 2.82. The number of rotatable bonds is 4. The van der Waals surface area contributed by atoms with Gasteiger partial charge in [0.15, 0.2) is 0 Å². The van der Waals surface area contributed by atoms with Crippen molar-refractivity contribution in [1.29, 1.82) is 0 Å². The number of carboxylic acid groups (broad SMARTS) is 1. The summed E-state index contributed by atoms with van der Waals surface area (Å²) in [7, 11) is 0. The molecule has 0 saturated heterocycles. The molecule has 0 fully saturated rings. The Balaban J connectivity index is 2.05. The highest BCUT2D eigenvalue weighted by Crippen LogP contribution is 2.01. The normalized spacial score (nSPS) is 10.1. The van der Waals surface area contributed by atoms with E-state index in [2.05, 4.69) is 15.3 Å². The molecule has 2 aromatic heterocycles. The molecular formula is C11H9N3O4S. The van der Waals surface area contributed by atoms with Gasteiger partial charge in [-0.1, -0.05) is 17.4 Å². The zero-order valence-corrected chi connectivity index (χ0v) is 10.4. The largest absolute Gasteiger partial charge is 0.477 e. The van der Waals surface area contributed by atoms with E-state index < -0.39 is 11.9 Å². The monoisotopic (exact) mass is 279 g/mol. The number of carboxylic acids is 1. The van der Waals surface area contributed by atoms with Crippen molar-refractivity contribution in [3.8, 4) is 0 Å². The molecule has 0 atom stereocenters. The lowest BCUT2D eigenvalue weighted by Gasteiger charge is -2.03. The van der Waals surface area contributed by atoms with Crippen molar-refractivity contribution in [1.82, 2.24) is 15.3 Å². The second-order valence-electron chi connectivity index (χ2n) is 3.57. The third-order valence-corrected chi connectivity index (χ3v) is 2.93. The number of H-pyrrole nitrogens is 1.